The molecular weight excluding hydrogens is 462 g/mol. The number of hydrogen-bond acceptors (Lipinski definition) is 8. The van der Waals surface area contributed by atoms with E-state index in [0.717, 1.165) is 0 Å². The molecule has 1 aliphatic rings. The molecule has 1 amide bonds. The summed E-state index contributed by atoms with van der Waals surface area (Å²) in [4.78, 5) is 42.4. The molecule has 0 radical (unpaired) electrons. The van der Waals surface area contributed by atoms with Gasteiger partial charge in [-0.2, -0.15) is 4.31 Å². The molecule has 10 nitrogen and oxygen atoms in total. The maximum absolute atomic E-state index is 12.8. The van der Waals surface area contributed by atoms with E-state index in [1.54, 1.807) is 43.3 Å². The lowest BCUT2D eigenvalue weighted by atomic mass is 9.98. The molecule has 1 aromatic heterocycles. The van der Waals surface area contributed by atoms with E-state index < -0.39 is 40.4 Å². The molecule has 1 saturated heterocycles. The van der Waals surface area contributed by atoms with Crippen LogP contribution in [0.25, 0.3) is 0 Å². The van der Waals surface area contributed by atoms with E-state index in [-0.39, 0.29) is 44.0 Å². The molecule has 34 heavy (non-hydrogen) atoms. The van der Waals surface area contributed by atoms with Gasteiger partial charge in [0.2, 0.25) is 10.0 Å². The van der Waals surface area contributed by atoms with Crippen molar-refractivity contribution in [2.45, 2.75) is 24.7 Å². The third-order valence-electron chi connectivity index (χ3n) is 5.36. The number of esters is 2. The van der Waals surface area contributed by atoms with Crippen LogP contribution in [-0.4, -0.2) is 68.4 Å². The molecule has 2 aromatic rings. The van der Waals surface area contributed by atoms with Gasteiger partial charge in [-0.3, -0.25) is 24.3 Å². The number of sulfonamides is 1. The van der Waals surface area contributed by atoms with Gasteiger partial charge in [0.25, 0.3) is 5.91 Å². The van der Waals surface area contributed by atoms with Gasteiger partial charge in [0, 0.05) is 31.2 Å². The first kappa shape index (κ1) is 25.3. The Kier molecular flexibility index (Phi) is 8.72. The van der Waals surface area contributed by atoms with E-state index in [1.807, 2.05) is 0 Å². The lowest BCUT2D eigenvalue weighted by Gasteiger charge is -2.30. The van der Waals surface area contributed by atoms with Crippen LogP contribution in [0.3, 0.4) is 0 Å². The average Bonchev–Trinajstić information content (AvgIpc) is 2.87. The molecule has 0 spiro atoms. The molecule has 0 unspecified atom stereocenters. The zero-order valence-corrected chi connectivity index (χ0v) is 19.6. The number of anilines is 1. The highest BCUT2D eigenvalue weighted by molar-refractivity contribution is 7.89. The molecule has 0 N–H and O–H groups in total. The zero-order valence-electron chi connectivity index (χ0n) is 18.8. The van der Waals surface area contributed by atoms with Crippen LogP contribution in [-0.2, 0) is 33.9 Å². The topological polar surface area (TPSA) is 123 Å². The molecule has 1 aromatic carbocycles. The van der Waals surface area contributed by atoms with E-state index in [9.17, 15) is 22.8 Å². The van der Waals surface area contributed by atoms with Crippen LogP contribution in [0.1, 0.15) is 19.8 Å². The van der Waals surface area contributed by atoms with Crippen LogP contribution in [0.2, 0.25) is 0 Å². The van der Waals surface area contributed by atoms with Crippen molar-refractivity contribution >= 4 is 33.6 Å². The summed E-state index contributed by atoms with van der Waals surface area (Å²) in [6.45, 7) is 1.31. The smallest absolute Gasteiger partial charge is 0.326 e. The number of amides is 1. The van der Waals surface area contributed by atoms with Crippen molar-refractivity contribution in [3.8, 4) is 0 Å². The number of nitrogens with zero attached hydrogens (tertiary/aromatic N) is 3. The Balaban J connectivity index is 1.55. The summed E-state index contributed by atoms with van der Waals surface area (Å²) in [5.74, 6) is -2.24. The van der Waals surface area contributed by atoms with Gasteiger partial charge in [0.05, 0.1) is 12.5 Å². The molecule has 0 bridgehead atoms. The molecule has 1 fully saturated rings. The molecule has 11 heteroatoms. The molecular formula is C23H27N3O7S. The molecule has 0 saturated carbocycles. The Labute approximate surface area is 198 Å². The number of aromatic nitrogens is 1. The lowest BCUT2D eigenvalue weighted by Crippen LogP contribution is -2.42. The highest BCUT2D eigenvalue weighted by atomic mass is 32.2. The normalized spacial score (nSPS) is 14.9. The number of carbonyl (C=O) groups is 3. The fraction of sp³-hybridized carbons (Fsp3) is 0.391. The van der Waals surface area contributed by atoms with Crippen LogP contribution in [0.4, 0.5) is 5.69 Å². The van der Waals surface area contributed by atoms with E-state index in [1.165, 1.54) is 27.7 Å². The lowest BCUT2D eigenvalue weighted by molar-refractivity contribution is -0.153. The van der Waals surface area contributed by atoms with Gasteiger partial charge in [-0.25, -0.2) is 8.42 Å². The minimum absolute atomic E-state index is 0.101. The van der Waals surface area contributed by atoms with Crippen LogP contribution in [0, 0.1) is 5.92 Å². The van der Waals surface area contributed by atoms with Crippen molar-refractivity contribution in [1.82, 2.24) is 9.29 Å². The summed E-state index contributed by atoms with van der Waals surface area (Å²) in [5.41, 5.74) is 0.477. The molecule has 2 heterocycles. The first-order chi connectivity index (χ1) is 16.3. The number of benzene rings is 1. The highest BCUT2D eigenvalue weighted by Crippen LogP contribution is 2.24. The molecule has 182 valence electrons. The minimum Gasteiger partial charge on any atom is -0.465 e. The number of hydrogen-bond donors (Lipinski definition) is 0. The maximum atomic E-state index is 12.8. The van der Waals surface area contributed by atoms with Crippen molar-refractivity contribution in [3.05, 3.63) is 54.9 Å². The van der Waals surface area contributed by atoms with Crippen LogP contribution in [0.5, 0.6) is 0 Å². The summed E-state index contributed by atoms with van der Waals surface area (Å²) in [6.07, 6.45) is 3.33. The predicted octanol–water partition coefficient (Wildman–Crippen LogP) is 1.62. The first-order valence-corrected chi connectivity index (χ1v) is 12.3. The first-order valence-electron chi connectivity index (χ1n) is 10.9. The molecule has 0 aliphatic carbocycles. The summed E-state index contributed by atoms with van der Waals surface area (Å²) in [6, 6.07) is 11.6. The third kappa shape index (κ3) is 6.39. The second-order valence-corrected chi connectivity index (χ2v) is 9.53. The van der Waals surface area contributed by atoms with Crippen molar-refractivity contribution in [2.24, 2.45) is 5.92 Å². The van der Waals surface area contributed by atoms with Gasteiger partial charge in [-0.1, -0.05) is 18.2 Å². The highest BCUT2D eigenvalue weighted by Gasteiger charge is 2.33. The average molecular weight is 490 g/mol. The maximum Gasteiger partial charge on any atom is 0.326 e. The quantitative estimate of drug-likeness (QED) is 0.487. The Hall–Kier alpha value is -3.31. The van der Waals surface area contributed by atoms with Crippen LogP contribution >= 0.6 is 0 Å². The fourth-order valence-corrected chi connectivity index (χ4v) is 5.01. The predicted molar refractivity (Wildman–Crippen MR) is 122 cm³/mol. The van der Waals surface area contributed by atoms with Crippen molar-refractivity contribution in [1.29, 1.82) is 0 Å². The van der Waals surface area contributed by atoms with Gasteiger partial charge >= 0.3 is 11.9 Å². The number of ether oxygens (including phenoxy) is 2. The summed E-state index contributed by atoms with van der Waals surface area (Å²) < 4.78 is 36.9. The number of rotatable bonds is 9. The number of pyridine rings is 1. The Morgan fingerprint density at radius 1 is 1.06 bits per heavy atom. The third-order valence-corrected chi connectivity index (χ3v) is 7.24. The fourth-order valence-electron chi connectivity index (χ4n) is 3.58. The minimum atomic E-state index is -3.68. The van der Waals surface area contributed by atoms with Crippen molar-refractivity contribution < 1.29 is 32.3 Å². The van der Waals surface area contributed by atoms with Gasteiger partial charge < -0.3 is 9.47 Å². The monoisotopic (exact) mass is 489 g/mol. The number of carbonyl (C=O) groups excluding carboxylic acids is 3. The van der Waals surface area contributed by atoms with Gasteiger partial charge in [-0.05, 0) is 44.0 Å². The van der Waals surface area contributed by atoms with E-state index >= 15 is 0 Å². The molecule has 0 atom stereocenters. The standard InChI is InChI=1S/C23H27N3O7S/c1-2-32-22(28)16-26(19-7-4-3-5-8-19)21(27)17-33-23(29)18-10-13-25(14-11-18)34(30,31)20-9-6-12-24-15-20/h3-9,12,15,18H,2,10-11,13-14,16-17H2,1H3. The van der Waals surface area contributed by atoms with E-state index in [2.05, 4.69) is 4.98 Å². The van der Waals surface area contributed by atoms with Gasteiger partial charge in [0.15, 0.2) is 6.61 Å². The van der Waals surface area contributed by atoms with Crippen molar-refractivity contribution in [3.63, 3.8) is 0 Å². The van der Waals surface area contributed by atoms with Gasteiger partial charge in [-0.15, -0.1) is 0 Å². The zero-order chi connectivity index (χ0) is 24.6. The number of piperidine rings is 1. The summed E-state index contributed by atoms with van der Waals surface area (Å²) in [7, 11) is -3.68. The largest absolute Gasteiger partial charge is 0.465 e. The Morgan fingerprint density at radius 2 is 1.76 bits per heavy atom. The van der Waals surface area contributed by atoms with E-state index in [0.29, 0.717) is 5.69 Å². The summed E-state index contributed by atoms with van der Waals surface area (Å²) >= 11 is 0. The number of para-hydroxylation sites is 1. The Bertz CT molecular complexity index is 1090. The van der Waals surface area contributed by atoms with Gasteiger partial charge in [0.1, 0.15) is 11.4 Å². The second-order valence-electron chi connectivity index (χ2n) is 7.60. The van der Waals surface area contributed by atoms with Crippen LogP contribution in [0.15, 0.2) is 59.8 Å². The SMILES string of the molecule is CCOC(=O)CN(C(=O)COC(=O)C1CCN(S(=O)(=O)c2cccnc2)CC1)c1ccccc1. The summed E-state index contributed by atoms with van der Waals surface area (Å²) in [5, 5.41) is 0. The van der Waals surface area contributed by atoms with Crippen LogP contribution < -0.4 is 4.90 Å². The second kappa shape index (κ2) is 11.7. The van der Waals surface area contributed by atoms with E-state index in [4.69, 9.17) is 9.47 Å². The molecule has 1 aliphatic heterocycles. The molecule has 3 rings (SSSR count). The Morgan fingerprint density at radius 3 is 2.38 bits per heavy atom. The van der Waals surface area contributed by atoms with Crippen molar-refractivity contribution in [2.75, 3.05) is 37.7 Å².